The Labute approximate surface area is 157 Å². The number of thioether (sulfide) groups is 1. The fraction of sp³-hybridized carbons (Fsp3) is 0.556. The molecule has 0 radical (unpaired) electrons. The van der Waals surface area contributed by atoms with E-state index in [2.05, 4.69) is 16.0 Å². The van der Waals surface area contributed by atoms with Gasteiger partial charge in [-0.25, -0.2) is 0 Å². The van der Waals surface area contributed by atoms with Crippen molar-refractivity contribution in [1.82, 2.24) is 10.6 Å². The highest BCUT2D eigenvalue weighted by molar-refractivity contribution is 8.01. The first-order valence-electron chi connectivity index (χ1n) is 8.73. The van der Waals surface area contributed by atoms with Crippen LogP contribution >= 0.6 is 23.4 Å². The maximum Gasteiger partial charge on any atom is 0.237 e. The first-order chi connectivity index (χ1) is 11.9. The van der Waals surface area contributed by atoms with Crippen molar-refractivity contribution in [3.8, 4) is 0 Å². The van der Waals surface area contributed by atoms with Crippen LogP contribution in [0.4, 0.5) is 5.69 Å². The van der Waals surface area contributed by atoms with Gasteiger partial charge in [-0.15, -0.1) is 11.8 Å². The third kappa shape index (κ3) is 4.49. The molecule has 7 heteroatoms. The third-order valence-corrected chi connectivity index (χ3v) is 6.45. The van der Waals surface area contributed by atoms with E-state index in [4.69, 9.17) is 11.6 Å². The Bertz CT molecular complexity index is 670. The van der Waals surface area contributed by atoms with Gasteiger partial charge in [0.05, 0.1) is 11.2 Å². The number of amides is 2. The van der Waals surface area contributed by atoms with Crippen molar-refractivity contribution in [1.29, 1.82) is 0 Å². The summed E-state index contributed by atoms with van der Waals surface area (Å²) < 4.78 is 0. The molecule has 4 atom stereocenters. The number of hydrogen-bond acceptors (Lipinski definition) is 4. The van der Waals surface area contributed by atoms with Gasteiger partial charge in [-0.1, -0.05) is 30.5 Å². The van der Waals surface area contributed by atoms with Crippen LogP contribution in [0, 0.1) is 12.8 Å². The zero-order valence-electron chi connectivity index (χ0n) is 14.5. The molecule has 0 bridgehead atoms. The van der Waals surface area contributed by atoms with Crippen LogP contribution in [0.1, 0.15) is 38.2 Å². The van der Waals surface area contributed by atoms with Crippen LogP contribution in [-0.4, -0.2) is 28.6 Å². The van der Waals surface area contributed by atoms with Crippen molar-refractivity contribution >= 4 is 40.9 Å². The Morgan fingerprint density at radius 3 is 2.88 bits per heavy atom. The SMILES string of the molecule is Cc1ccc(NC(=O)C(C)SC2NC(=O)C3CCCCC3N2)cc1Cl. The lowest BCUT2D eigenvalue weighted by Crippen LogP contribution is -2.61. The fourth-order valence-electron chi connectivity index (χ4n) is 3.37. The highest BCUT2D eigenvalue weighted by Crippen LogP contribution is 2.30. The average Bonchev–Trinajstić information content (AvgIpc) is 2.58. The number of nitrogens with one attached hydrogen (secondary N) is 3. The Morgan fingerprint density at radius 2 is 2.12 bits per heavy atom. The molecule has 0 spiro atoms. The zero-order chi connectivity index (χ0) is 18.0. The van der Waals surface area contributed by atoms with Crippen molar-refractivity contribution in [2.75, 3.05) is 5.32 Å². The van der Waals surface area contributed by atoms with Gasteiger partial charge in [0.2, 0.25) is 11.8 Å². The van der Waals surface area contributed by atoms with Gasteiger partial charge >= 0.3 is 0 Å². The lowest BCUT2D eigenvalue weighted by atomic mass is 9.83. The van der Waals surface area contributed by atoms with Crippen LogP contribution < -0.4 is 16.0 Å². The fourth-order valence-corrected chi connectivity index (χ4v) is 4.58. The number of carbonyl (C=O) groups is 2. The second-order valence-corrected chi connectivity index (χ2v) is 8.64. The minimum absolute atomic E-state index is 0.0735. The summed E-state index contributed by atoms with van der Waals surface area (Å²) in [7, 11) is 0. The van der Waals surface area contributed by atoms with Crippen LogP contribution in [-0.2, 0) is 9.59 Å². The number of aryl methyl sites for hydroxylation is 1. The van der Waals surface area contributed by atoms with Crippen molar-refractivity contribution in [3.63, 3.8) is 0 Å². The van der Waals surface area contributed by atoms with E-state index < -0.39 is 0 Å². The summed E-state index contributed by atoms with van der Waals surface area (Å²) in [5, 5.41) is 9.68. The van der Waals surface area contributed by atoms with Gasteiger partial charge in [0.15, 0.2) is 0 Å². The minimum atomic E-state index is -0.307. The van der Waals surface area contributed by atoms with Gasteiger partial charge in [0.25, 0.3) is 0 Å². The number of anilines is 1. The molecule has 1 aliphatic heterocycles. The van der Waals surface area contributed by atoms with Crippen LogP contribution in [0.5, 0.6) is 0 Å². The summed E-state index contributed by atoms with van der Waals surface area (Å²) in [5.41, 5.74) is 1.42. The topological polar surface area (TPSA) is 70.2 Å². The summed E-state index contributed by atoms with van der Waals surface area (Å²) in [4.78, 5) is 24.7. The van der Waals surface area contributed by atoms with Gasteiger partial charge in [-0.05, 0) is 44.4 Å². The molecule has 1 saturated heterocycles. The summed E-state index contributed by atoms with van der Waals surface area (Å²) in [6, 6.07) is 5.69. The summed E-state index contributed by atoms with van der Waals surface area (Å²) >= 11 is 7.53. The molecule has 2 aliphatic rings. The van der Waals surface area contributed by atoms with Crippen molar-refractivity contribution < 1.29 is 9.59 Å². The Balaban J connectivity index is 1.56. The van der Waals surface area contributed by atoms with Crippen LogP contribution in [0.15, 0.2) is 18.2 Å². The Morgan fingerprint density at radius 1 is 1.36 bits per heavy atom. The minimum Gasteiger partial charge on any atom is -0.331 e. The molecule has 1 aliphatic carbocycles. The molecule has 1 saturated carbocycles. The van der Waals surface area contributed by atoms with E-state index in [1.54, 1.807) is 6.07 Å². The molecule has 2 amide bonds. The molecule has 4 unspecified atom stereocenters. The predicted molar refractivity (Wildman–Crippen MR) is 103 cm³/mol. The number of hydrogen-bond donors (Lipinski definition) is 3. The molecule has 1 aromatic rings. The highest BCUT2D eigenvalue weighted by atomic mass is 35.5. The van der Waals surface area contributed by atoms with Crippen molar-refractivity contribution in [2.24, 2.45) is 5.92 Å². The Hall–Kier alpha value is -1.24. The molecule has 0 aromatic heterocycles. The van der Waals surface area contributed by atoms with Gasteiger partial charge in [0.1, 0.15) is 5.50 Å². The molecule has 2 fully saturated rings. The monoisotopic (exact) mass is 381 g/mol. The smallest absolute Gasteiger partial charge is 0.237 e. The summed E-state index contributed by atoms with van der Waals surface area (Å²) in [5.74, 6) is 0.0787. The maximum atomic E-state index is 12.4. The Kier molecular flexibility index (Phi) is 5.92. The molecule has 1 aromatic carbocycles. The second-order valence-electron chi connectivity index (χ2n) is 6.78. The lowest BCUT2D eigenvalue weighted by molar-refractivity contribution is -0.129. The third-order valence-electron chi connectivity index (χ3n) is 4.89. The van der Waals surface area contributed by atoms with E-state index in [1.165, 1.54) is 11.8 Å². The molecular formula is C18H24ClN3O2S. The lowest BCUT2D eigenvalue weighted by Gasteiger charge is -2.40. The summed E-state index contributed by atoms with van der Waals surface area (Å²) in [6.07, 6.45) is 4.25. The van der Waals surface area contributed by atoms with Crippen molar-refractivity contribution in [3.05, 3.63) is 28.8 Å². The maximum absolute atomic E-state index is 12.4. The molecule has 3 rings (SSSR count). The quantitative estimate of drug-likeness (QED) is 0.748. The molecule has 25 heavy (non-hydrogen) atoms. The molecule has 1 heterocycles. The van der Waals surface area contributed by atoms with Crippen LogP contribution in [0.2, 0.25) is 5.02 Å². The van der Waals surface area contributed by atoms with E-state index >= 15 is 0 Å². The van der Waals surface area contributed by atoms with Gasteiger partial charge in [-0.2, -0.15) is 0 Å². The number of benzene rings is 1. The number of halogens is 1. The van der Waals surface area contributed by atoms with Gasteiger partial charge < -0.3 is 10.6 Å². The predicted octanol–water partition coefficient (Wildman–Crippen LogP) is 3.27. The van der Waals surface area contributed by atoms with E-state index in [-0.39, 0.29) is 34.5 Å². The van der Waals surface area contributed by atoms with E-state index in [1.807, 2.05) is 26.0 Å². The number of fused-ring (bicyclic) bond motifs is 1. The first-order valence-corrected chi connectivity index (χ1v) is 10.0. The molecule has 3 N–H and O–H groups in total. The second kappa shape index (κ2) is 7.98. The average molecular weight is 382 g/mol. The largest absolute Gasteiger partial charge is 0.331 e. The highest BCUT2D eigenvalue weighted by Gasteiger charge is 2.38. The number of carbonyl (C=O) groups excluding carboxylic acids is 2. The normalized spacial score (nSPS) is 27.2. The first kappa shape index (κ1) is 18.5. The zero-order valence-corrected chi connectivity index (χ0v) is 16.0. The standard InChI is InChI=1S/C18H24ClN3O2S/c1-10-7-8-12(9-14(10)19)20-16(23)11(2)25-18-21-15-6-4-3-5-13(15)17(24)22-18/h7-9,11,13,15,18,21H,3-6H2,1-2H3,(H,20,23)(H,22,24). The van der Waals surface area contributed by atoms with Gasteiger partial charge in [-0.3, -0.25) is 14.9 Å². The van der Waals surface area contributed by atoms with Gasteiger partial charge in [0, 0.05) is 16.8 Å². The van der Waals surface area contributed by atoms with E-state index in [0.717, 1.165) is 31.2 Å². The van der Waals surface area contributed by atoms with Crippen LogP contribution in [0.25, 0.3) is 0 Å². The van der Waals surface area contributed by atoms with Crippen molar-refractivity contribution in [2.45, 2.75) is 56.3 Å². The van der Waals surface area contributed by atoms with Crippen LogP contribution in [0.3, 0.4) is 0 Å². The molecule has 136 valence electrons. The molecular weight excluding hydrogens is 358 g/mol. The summed E-state index contributed by atoms with van der Waals surface area (Å²) in [6.45, 7) is 3.76. The molecule has 5 nitrogen and oxygen atoms in total. The number of rotatable bonds is 4. The van der Waals surface area contributed by atoms with E-state index in [9.17, 15) is 9.59 Å². The van der Waals surface area contributed by atoms with E-state index in [0.29, 0.717) is 10.7 Å².